The van der Waals surface area contributed by atoms with E-state index in [1.807, 2.05) is 0 Å². The number of aryl methyl sites for hydroxylation is 2. The molecule has 1 aliphatic heterocycles. The van der Waals surface area contributed by atoms with Gasteiger partial charge in [0.25, 0.3) is 0 Å². The molecular weight excluding hydrogens is 352 g/mol. The van der Waals surface area contributed by atoms with Crippen molar-refractivity contribution in [2.45, 2.75) is 39.0 Å². The van der Waals surface area contributed by atoms with Crippen LogP contribution in [0.25, 0.3) is 11.0 Å². The number of fused-ring (bicyclic) bond motifs is 1. The zero-order chi connectivity index (χ0) is 18.8. The lowest BCUT2D eigenvalue weighted by Gasteiger charge is -2.34. The van der Waals surface area contributed by atoms with Crippen LogP contribution in [0.15, 0.2) is 42.5 Å². The van der Waals surface area contributed by atoms with Gasteiger partial charge in [-0.1, -0.05) is 31.2 Å². The molecule has 2 N–H and O–H groups in total. The number of rotatable bonds is 3. The number of aromatic nitrogens is 2. The van der Waals surface area contributed by atoms with Gasteiger partial charge in [0.1, 0.15) is 5.82 Å². The van der Waals surface area contributed by atoms with Gasteiger partial charge >= 0.3 is 0 Å². The van der Waals surface area contributed by atoms with Crippen LogP contribution in [0.2, 0.25) is 0 Å². The molecule has 2 heterocycles. The molecule has 0 bridgehead atoms. The number of likely N-dealkylation sites (tertiary alicyclic amines) is 1. The van der Waals surface area contributed by atoms with Crippen molar-refractivity contribution in [3.05, 3.63) is 59.4 Å². The van der Waals surface area contributed by atoms with E-state index in [9.17, 15) is 0 Å². The van der Waals surface area contributed by atoms with Crippen molar-refractivity contribution in [1.82, 2.24) is 14.9 Å². The van der Waals surface area contributed by atoms with Crippen LogP contribution in [0.5, 0.6) is 0 Å². The van der Waals surface area contributed by atoms with Crippen molar-refractivity contribution in [1.29, 1.82) is 0 Å². The number of hydrogen-bond acceptors (Lipinski definition) is 2. The number of imidazole rings is 1. The van der Waals surface area contributed by atoms with Crippen molar-refractivity contribution in [3.63, 3.8) is 0 Å². The number of nitrogens with zero attached hydrogens (tertiary/aromatic N) is 2. The first-order valence-electron chi connectivity index (χ1n) is 9.74. The molecule has 1 aliphatic rings. The Labute approximate surface area is 166 Å². The van der Waals surface area contributed by atoms with Gasteiger partial charge in [-0.3, -0.25) is 0 Å². The van der Waals surface area contributed by atoms with E-state index in [0.717, 1.165) is 60.0 Å². The van der Waals surface area contributed by atoms with Gasteiger partial charge in [0.2, 0.25) is 0 Å². The minimum atomic E-state index is 0.382. The topological polar surface area (TPSA) is 44.0 Å². The van der Waals surface area contributed by atoms with Gasteiger partial charge in [0.15, 0.2) is 5.11 Å². The number of hydrogen-bond donors (Lipinski definition) is 2. The molecule has 0 saturated carbocycles. The molecule has 1 aromatic heterocycles. The van der Waals surface area contributed by atoms with E-state index in [1.165, 1.54) is 11.1 Å². The zero-order valence-electron chi connectivity index (χ0n) is 16.0. The molecule has 0 unspecified atom stereocenters. The highest BCUT2D eigenvalue weighted by atomic mass is 32.1. The summed E-state index contributed by atoms with van der Waals surface area (Å²) in [6.45, 7) is 6.18. The average Bonchev–Trinajstić information content (AvgIpc) is 3.11. The van der Waals surface area contributed by atoms with Crippen LogP contribution in [0.4, 0.5) is 5.69 Å². The summed E-state index contributed by atoms with van der Waals surface area (Å²) in [4.78, 5) is 10.7. The Kier molecular flexibility index (Phi) is 5.12. The second kappa shape index (κ2) is 7.69. The molecule has 1 saturated heterocycles. The van der Waals surface area contributed by atoms with E-state index in [-0.39, 0.29) is 0 Å². The van der Waals surface area contributed by atoms with Gasteiger partial charge in [-0.15, -0.1) is 0 Å². The van der Waals surface area contributed by atoms with E-state index in [0.29, 0.717) is 5.92 Å². The third-order valence-corrected chi connectivity index (χ3v) is 5.75. The van der Waals surface area contributed by atoms with Crippen LogP contribution in [0, 0.1) is 6.92 Å². The fourth-order valence-electron chi connectivity index (χ4n) is 3.87. The van der Waals surface area contributed by atoms with E-state index >= 15 is 0 Å². The van der Waals surface area contributed by atoms with Crippen molar-refractivity contribution < 1.29 is 0 Å². The average molecular weight is 379 g/mol. The summed E-state index contributed by atoms with van der Waals surface area (Å²) in [5.41, 5.74) is 5.83. The summed E-state index contributed by atoms with van der Waals surface area (Å²) in [6, 6.07) is 14.8. The maximum atomic E-state index is 5.73. The number of aromatic amines is 1. The van der Waals surface area contributed by atoms with Gasteiger partial charge in [-0.25, -0.2) is 4.98 Å². The molecule has 3 aromatic rings. The number of H-pyrrole nitrogens is 1. The third kappa shape index (κ3) is 3.83. The third-order valence-electron chi connectivity index (χ3n) is 5.39. The highest BCUT2D eigenvalue weighted by Crippen LogP contribution is 2.28. The first-order chi connectivity index (χ1) is 13.1. The monoisotopic (exact) mass is 378 g/mol. The fraction of sp³-hybridized carbons (Fsp3) is 0.364. The number of piperidine rings is 1. The molecule has 0 aliphatic carbocycles. The normalized spacial score (nSPS) is 17.3. The summed E-state index contributed by atoms with van der Waals surface area (Å²) >= 11 is 5.73. The number of benzene rings is 2. The van der Waals surface area contributed by atoms with Gasteiger partial charge in [0.05, 0.1) is 11.0 Å². The molecule has 140 valence electrons. The van der Waals surface area contributed by atoms with E-state index < -0.39 is 0 Å². The molecule has 0 radical (unpaired) electrons. The summed E-state index contributed by atoms with van der Waals surface area (Å²) in [6.07, 6.45) is 3.26. The minimum absolute atomic E-state index is 0.382. The molecule has 0 amide bonds. The quantitative estimate of drug-likeness (QED) is 0.629. The van der Waals surface area contributed by atoms with Crippen LogP contribution < -0.4 is 5.32 Å². The SMILES string of the molecule is CCc1ccccc1NC(=S)N1CCC[C@@H](c2nc3ccc(C)cc3[nH]2)C1. The molecule has 1 fully saturated rings. The lowest BCUT2D eigenvalue weighted by molar-refractivity contribution is 0.307. The first kappa shape index (κ1) is 18.0. The maximum absolute atomic E-state index is 5.73. The van der Waals surface area contributed by atoms with Crippen LogP contribution in [-0.4, -0.2) is 33.1 Å². The largest absolute Gasteiger partial charge is 0.348 e. The summed E-state index contributed by atoms with van der Waals surface area (Å²) < 4.78 is 0. The fourth-order valence-corrected chi connectivity index (χ4v) is 4.14. The Morgan fingerprint density at radius 3 is 3.00 bits per heavy atom. The van der Waals surface area contributed by atoms with Gasteiger partial charge in [-0.2, -0.15) is 0 Å². The second-order valence-electron chi connectivity index (χ2n) is 7.37. The Morgan fingerprint density at radius 2 is 2.15 bits per heavy atom. The molecule has 0 spiro atoms. The predicted octanol–water partition coefficient (Wildman–Crippen LogP) is 5.01. The molecule has 2 aromatic carbocycles. The molecule has 1 atom stereocenters. The summed E-state index contributed by atoms with van der Waals surface area (Å²) in [5, 5.41) is 4.28. The first-order valence-corrected chi connectivity index (χ1v) is 10.1. The zero-order valence-corrected chi connectivity index (χ0v) is 16.8. The van der Waals surface area contributed by atoms with Gasteiger partial charge in [0, 0.05) is 24.7 Å². The predicted molar refractivity (Wildman–Crippen MR) is 116 cm³/mol. The van der Waals surface area contributed by atoms with Crippen LogP contribution in [-0.2, 0) is 6.42 Å². The molecule has 5 heteroatoms. The standard InChI is InChI=1S/C22H26N4S/c1-3-16-7-4-5-9-18(16)25-22(27)26-12-6-8-17(14-26)21-23-19-11-10-15(2)13-20(19)24-21/h4-5,7,9-11,13,17H,3,6,8,12,14H2,1-2H3,(H,23,24)(H,25,27)/t17-/m1/s1. The number of anilines is 1. The van der Waals surface area contributed by atoms with Gasteiger partial charge in [-0.05, 0) is 67.7 Å². The maximum Gasteiger partial charge on any atom is 0.173 e. The number of nitrogens with one attached hydrogen (secondary N) is 2. The van der Waals surface area contributed by atoms with Gasteiger partial charge < -0.3 is 15.2 Å². The Balaban J connectivity index is 1.49. The summed E-state index contributed by atoms with van der Waals surface area (Å²) in [5.74, 6) is 1.46. The van der Waals surface area contributed by atoms with Crippen LogP contribution >= 0.6 is 12.2 Å². The van der Waals surface area contributed by atoms with E-state index in [2.05, 4.69) is 71.5 Å². The highest BCUT2D eigenvalue weighted by Gasteiger charge is 2.25. The minimum Gasteiger partial charge on any atom is -0.348 e. The van der Waals surface area contributed by atoms with Crippen LogP contribution in [0.3, 0.4) is 0 Å². The Hall–Kier alpha value is -2.40. The van der Waals surface area contributed by atoms with Crippen LogP contribution in [0.1, 0.15) is 42.6 Å². The lowest BCUT2D eigenvalue weighted by atomic mass is 9.98. The summed E-state index contributed by atoms with van der Waals surface area (Å²) in [7, 11) is 0. The highest BCUT2D eigenvalue weighted by molar-refractivity contribution is 7.80. The van der Waals surface area contributed by atoms with Crippen molar-refractivity contribution >= 4 is 34.1 Å². The molecule has 4 nitrogen and oxygen atoms in total. The van der Waals surface area contributed by atoms with Crippen molar-refractivity contribution in [3.8, 4) is 0 Å². The smallest absolute Gasteiger partial charge is 0.173 e. The van der Waals surface area contributed by atoms with Crippen molar-refractivity contribution in [2.24, 2.45) is 0 Å². The lowest BCUT2D eigenvalue weighted by Crippen LogP contribution is -2.41. The molecule has 27 heavy (non-hydrogen) atoms. The molecular formula is C22H26N4S. The van der Waals surface area contributed by atoms with Crippen molar-refractivity contribution in [2.75, 3.05) is 18.4 Å². The molecule has 4 rings (SSSR count). The second-order valence-corrected chi connectivity index (χ2v) is 7.76. The Bertz CT molecular complexity index is 962. The van der Waals surface area contributed by atoms with E-state index in [1.54, 1.807) is 0 Å². The number of thiocarbonyl (C=S) groups is 1. The van der Waals surface area contributed by atoms with E-state index in [4.69, 9.17) is 17.2 Å². The number of para-hydroxylation sites is 1. The Morgan fingerprint density at radius 1 is 1.30 bits per heavy atom.